The lowest BCUT2D eigenvalue weighted by Gasteiger charge is -2.28. The Balaban J connectivity index is 1.64. The van der Waals surface area contributed by atoms with Crippen LogP contribution in [0, 0.1) is 11.8 Å². The van der Waals surface area contributed by atoms with Crippen molar-refractivity contribution in [2.45, 2.75) is 83.3 Å². The van der Waals surface area contributed by atoms with E-state index in [4.69, 9.17) is 14.2 Å². The number of methoxy groups -OCH3 is 1. The fourth-order valence-electron chi connectivity index (χ4n) is 3.61. The summed E-state index contributed by atoms with van der Waals surface area (Å²) >= 11 is 0. The predicted octanol–water partition coefficient (Wildman–Crippen LogP) is 4.78. The standard InChI is InChI=1S/C24H32O5/c1-4-7-20(5-2)28-23(25)8-6-9-24(26)29-22-16-12-19(13-17-22)18-10-14-21(27-3)15-11-18/h10-11,14-15,19-20,22H,5-6,8-9,12-13,16-17H2,1-3H3. The van der Waals surface area contributed by atoms with Gasteiger partial charge in [0.25, 0.3) is 0 Å². The van der Waals surface area contributed by atoms with Crippen molar-refractivity contribution >= 4 is 11.9 Å². The van der Waals surface area contributed by atoms with E-state index in [0.29, 0.717) is 18.8 Å². The lowest BCUT2D eigenvalue weighted by molar-refractivity contribution is -0.151. The van der Waals surface area contributed by atoms with E-state index in [-0.39, 0.29) is 37.0 Å². The van der Waals surface area contributed by atoms with Gasteiger partial charge in [-0.15, -0.1) is 5.92 Å². The highest BCUT2D eigenvalue weighted by Crippen LogP contribution is 2.34. The van der Waals surface area contributed by atoms with Gasteiger partial charge in [0.2, 0.25) is 0 Å². The second-order valence-electron chi connectivity index (χ2n) is 7.37. The zero-order valence-electron chi connectivity index (χ0n) is 17.7. The van der Waals surface area contributed by atoms with Gasteiger partial charge in [0.15, 0.2) is 6.10 Å². The number of carbonyl (C=O) groups excluding carboxylic acids is 2. The Morgan fingerprint density at radius 3 is 2.31 bits per heavy atom. The van der Waals surface area contributed by atoms with Crippen molar-refractivity contribution in [3.63, 3.8) is 0 Å². The summed E-state index contributed by atoms with van der Waals surface area (Å²) in [5.74, 6) is 6.43. The fourth-order valence-corrected chi connectivity index (χ4v) is 3.61. The molecule has 0 N–H and O–H groups in total. The molecule has 1 unspecified atom stereocenters. The zero-order valence-corrected chi connectivity index (χ0v) is 17.7. The van der Waals surface area contributed by atoms with Gasteiger partial charge >= 0.3 is 11.9 Å². The molecule has 158 valence electrons. The SMILES string of the molecule is CC#CC(CC)OC(=O)CCCC(=O)OC1CCC(c2ccc(OC)cc2)CC1. The van der Waals surface area contributed by atoms with Gasteiger partial charge < -0.3 is 14.2 Å². The first kappa shape index (κ1) is 22.8. The van der Waals surface area contributed by atoms with Crippen LogP contribution in [0.15, 0.2) is 24.3 Å². The number of carbonyl (C=O) groups is 2. The smallest absolute Gasteiger partial charge is 0.307 e. The van der Waals surface area contributed by atoms with Crippen LogP contribution in [0.5, 0.6) is 5.75 Å². The van der Waals surface area contributed by atoms with Crippen LogP contribution in [-0.2, 0) is 19.1 Å². The first-order chi connectivity index (χ1) is 14.0. The normalized spacial score (nSPS) is 19.4. The average molecular weight is 401 g/mol. The first-order valence-corrected chi connectivity index (χ1v) is 10.5. The van der Waals surface area contributed by atoms with Crippen molar-refractivity contribution in [1.82, 2.24) is 0 Å². The summed E-state index contributed by atoms with van der Waals surface area (Å²) in [7, 11) is 1.67. The van der Waals surface area contributed by atoms with Crippen LogP contribution in [-0.4, -0.2) is 31.3 Å². The summed E-state index contributed by atoms with van der Waals surface area (Å²) in [6.45, 7) is 3.64. The summed E-state index contributed by atoms with van der Waals surface area (Å²) in [6, 6.07) is 8.21. The van der Waals surface area contributed by atoms with E-state index < -0.39 is 0 Å². The summed E-state index contributed by atoms with van der Waals surface area (Å²) < 4.78 is 16.1. The monoisotopic (exact) mass is 400 g/mol. The van der Waals surface area contributed by atoms with Gasteiger partial charge in [0.05, 0.1) is 7.11 Å². The third-order valence-electron chi connectivity index (χ3n) is 5.27. The molecule has 5 nitrogen and oxygen atoms in total. The van der Waals surface area contributed by atoms with Gasteiger partial charge in [-0.3, -0.25) is 9.59 Å². The van der Waals surface area contributed by atoms with E-state index >= 15 is 0 Å². The molecule has 1 aromatic carbocycles. The minimum absolute atomic E-state index is 0.0201. The Morgan fingerprint density at radius 2 is 1.72 bits per heavy atom. The lowest BCUT2D eigenvalue weighted by Crippen LogP contribution is -2.24. The average Bonchev–Trinajstić information content (AvgIpc) is 2.74. The number of hydrogen-bond acceptors (Lipinski definition) is 5. The van der Waals surface area contributed by atoms with Crippen molar-refractivity contribution in [1.29, 1.82) is 0 Å². The van der Waals surface area contributed by atoms with Crippen molar-refractivity contribution in [2.24, 2.45) is 0 Å². The minimum atomic E-state index is -0.361. The van der Waals surface area contributed by atoms with Crippen LogP contribution in [0.2, 0.25) is 0 Å². The molecule has 0 radical (unpaired) electrons. The largest absolute Gasteiger partial charge is 0.497 e. The Hall–Kier alpha value is -2.48. The molecule has 0 heterocycles. The molecule has 0 bridgehead atoms. The van der Waals surface area contributed by atoms with Crippen LogP contribution in [0.3, 0.4) is 0 Å². The summed E-state index contributed by atoms with van der Waals surface area (Å²) in [5.41, 5.74) is 1.31. The van der Waals surface area contributed by atoms with Crippen LogP contribution in [0.25, 0.3) is 0 Å². The predicted molar refractivity (Wildman–Crippen MR) is 112 cm³/mol. The van der Waals surface area contributed by atoms with Gasteiger partial charge in [-0.05, 0) is 69.1 Å². The van der Waals surface area contributed by atoms with Gasteiger partial charge in [0, 0.05) is 12.8 Å². The Morgan fingerprint density at radius 1 is 1.07 bits per heavy atom. The molecular formula is C24H32O5. The number of esters is 2. The van der Waals surface area contributed by atoms with E-state index in [2.05, 4.69) is 24.0 Å². The van der Waals surface area contributed by atoms with Crippen molar-refractivity contribution in [2.75, 3.05) is 7.11 Å². The highest BCUT2D eigenvalue weighted by molar-refractivity contribution is 5.72. The number of ether oxygens (including phenoxy) is 3. The molecular weight excluding hydrogens is 368 g/mol. The van der Waals surface area contributed by atoms with Crippen LogP contribution < -0.4 is 4.74 Å². The molecule has 5 heteroatoms. The molecule has 1 atom stereocenters. The molecule has 0 saturated heterocycles. The summed E-state index contributed by atoms with van der Waals surface area (Å²) in [5, 5.41) is 0. The Bertz CT molecular complexity index is 705. The van der Waals surface area contributed by atoms with Crippen LogP contribution in [0.1, 0.15) is 76.7 Å². The molecule has 0 aromatic heterocycles. The van der Waals surface area contributed by atoms with Crippen molar-refractivity contribution in [3.8, 4) is 17.6 Å². The number of rotatable bonds is 9. The van der Waals surface area contributed by atoms with E-state index in [1.807, 2.05) is 19.1 Å². The molecule has 0 aliphatic heterocycles. The Labute approximate surface area is 174 Å². The van der Waals surface area contributed by atoms with E-state index in [1.165, 1.54) is 5.56 Å². The Kier molecular flexibility index (Phi) is 9.56. The van der Waals surface area contributed by atoms with Crippen molar-refractivity contribution < 1.29 is 23.8 Å². The third kappa shape index (κ3) is 7.81. The van der Waals surface area contributed by atoms with Crippen LogP contribution >= 0.6 is 0 Å². The molecule has 1 aromatic rings. The van der Waals surface area contributed by atoms with Crippen molar-refractivity contribution in [3.05, 3.63) is 29.8 Å². The molecule has 2 rings (SSSR count). The number of benzene rings is 1. The summed E-state index contributed by atoms with van der Waals surface area (Å²) in [4.78, 5) is 23.9. The highest BCUT2D eigenvalue weighted by atomic mass is 16.5. The zero-order chi connectivity index (χ0) is 21.1. The quantitative estimate of drug-likeness (QED) is 0.441. The highest BCUT2D eigenvalue weighted by Gasteiger charge is 2.25. The van der Waals surface area contributed by atoms with E-state index in [0.717, 1.165) is 31.4 Å². The topological polar surface area (TPSA) is 61.8 Å². The molecule has 0 amide bonds. The van der Waals surface area contributed by atoms with E-state index in [9.17, 15) is 9.59 Å². The second kappa shape index (κ2) is 12.2. The van der Waals surface area contributed by atoms with Gasteiger partial charge in [-0.1, -0.05) is 25.0 Å². The van der Waals surface area contributed by atoms with Crippen LogP contribution in [0.4, 0.5) is 0 Å². The third-order valence-corrected chi connectivity index (χ3v) is 5.27. The molecule has 1 fully saturated rings. The van der Waals surface area contributed by atoms with Gasteiger partial charge in [-0.2, -0.15) is 0 Å². The fraction of sp³-hybridized carbons (Fsp3) is 0.583. The second-order valence-corrected chi connectivity index (χ2v) is 7.37. The maximum Gasteiger partial charge on any atom is 0.307 e. The molecule has 29 heavy (non-hydrogen) atoms. The molecule has 1 saturated carbocycles. The first-order valence-electron chi connectivity index (χ1n) is 10.5. The lowest BCUT2D eigenvalue weighted by atomic mass is 9.83. The van der Waals surface area contributed by atoms with Gasteiger partial charge in [-0.25, -0.2) is 0 Å². The molecule has 0 spiro atoms. The summed E-state index contributed by atoms with van der Waals surface area (Å²) in [6.07, 6.45) is 4.93. The molecule has 1 aliphatic rings. The number of hydrogen-bond donors (Lipinski definition) is 0. The maximum absolute atomic E-state index is 12.1. The van der Waals surface area contributed by atoms with Gasteiger partial charge in [0.1, 0.15) is 11.9 Å². The maximum atomic E-state index is 12.1. The van der Waals surface area contributed by atoms with E-state index in [1.54, 1.807) is 14.0 Å². The molecule has 1 aliphatic carbocycles. The minimum Gasteiger partial charge on any atom is -0.497 e.